The van der Waals surface area contributed by atoms with Gasteiger partial charge in [0.2, 0.25) is 15.9 Å². The number of carbonyl (C=O) groups excluding carboxylic acids is 2. The highest BCUT2D eigenvalue weighted by molar-refractivity contribution is 9.10. The number of halogens is 1. The van der Waals surface area contributed by atoms with E-state index in [2.05, 4.69) is 21.2 Å². The molecule has 27 heavy (non-hydrogen) atoms. The van der Waals surface area contributed by atoms with Crippen LogP contribution in [-0.4, -0.2) is 52.0 Å². The average molecular weight is 454 g/mol. The van der Waals surface area contributed by atoms with Gasteiger partial charge in [0.05, 0.1) is 11.9 Å². The molecule has 0 bridgehead atoms. The molecule has 2 aromatic rings. The molecule has 2 amide bonds. The first-order chi connectivity index (χ1) is 12.6. The van der Waals surface area contributed by atoms with Crippen molar-refractivity contribution in [2.24, 2.45) is 0 Å². The molecule has 144 valence electrons. The summed E-state index contributed by atoms with van der Waals surface area (Å²) in [6.07, 6.45) is 1.04. The minimum absolute atomic E-state index is 0.197. The van der Waals surface area contributed by atoms with Crippen molar-refractivity contribution in [3.8, 4) is 0 Å². The number of nitrogens with zero attached hydrogens (tertiary/aromatic N) is 2. The van der Waals surface area contributed by atoms with Gasteiger partial charge in [-0.1, -0.05) is 18.2 Å². The van der Waals surface area contributed by atoms with Gasteiger partial charge in [0.1, 0.15) is 6.54 Å². The number of hydrogen-bond acceptors (Lipinski definition) is 4. The highest BCUT2D eigenvalue weighted by Crippen LogP contribution is 2.27. The predicted octanol–water partition coefficient (Wildman–Crippen LogP) is 2.56. The Morgan fingerprint density at radius 2 is 1.74 bits per heavy atom. The monoisotopic (exact) mass is 453 g/mol. The zero-order valence-electron chi connectivity index (χ0n) is 15.1. The number of anilines is 2. The normalized spacial score (nSPS) is 11.0. The van der Waals surface area contributed by atoms with E-state index in [-0.39, 0.29) is 5.91 Å². The molecular formula is C18H20BrN3O4S. The topological polar surface area (TPSA) is 86.8 Å². The molecule has 0 spiro atoms. The second kappa shape index (κ2) is 8.53. The smallest absolute Gasteiger partial charge is 0.253 e. The summed E-state index contributed by atoms with van der Waals surface area (Å²) in [6, 6.07) is 13.2. The largest absolute Gasteiger partial charge is 0.345 e. The van der Waals surface area contributed by atoms with Crippen molar-refractivity contribution in [2.45, 2.75) is 0 Å². The number of para-hydroxylation sites is 1. The van der Waals surface area contributed by atoms with Crippen molar-refractivity contribution in [1.29, 1.82) is 0 Å². The first kappa shape index (κ1) is 20.9. The maximum Gasteiger partial charge on any atom is 0.253 e. The van der Waals surface area contributed by atoms with Crippen LogP contribution in [0.2, 0.25) is 0 Å². The Morgan fingerprint density at radius 3 is 2.33 bits per heavy atom. The van der Waals surface area contributed by atoms with E-state index in [9.17, 15) is 18.0 Å². The van der Waals surface area contributed by atoms with Crippen LogP contribution in [0, 0.1) is 0 Å². The molecule has 0 atom stereocenters. The molecule has 0 aromatic heterocycles. The molecule has 0 fully saturated rings. The first-order valence-corrected chi connectivity index (χ1v) is 10.6. The van der Waals surface area contributed by atoms with Gasteiger partial charge in [0.15, 0.2) is 0 Å². The fourth-order valence-electron chi connectivity index (χ4n) is 2.35. The third kappa shape index (κ3) is 5.54. The lowest BCUT2D eigenvalue weighted by Crippen LogP contribution is -2.37. The number of hydrogen-bond donors (Lipinski definition) is 1. The van der Waals surface area contributed by atoms with Crippen LogP contribution in [0.25, 0.3) is 0 Å². The van der Waals surface area contributed by atoms with Gasteiger partial charge in [-0.3, -0.25) is 13.9 Å². The Bertz CT molecular complexity index is 961. The number of amides is 2. The molecule has 1 N–H and O–H groups in total. The average Bonchev–Trinajstić information content (AvgIpc) is 2.59. The minimum Gasteiger partial charge on any atom is -0.345 e. The summed E-state index contributed by atoms with van der Waals surface area (Å²) in [5.41, 5.74) is 1.20. The van der Waals surface area contributed by atoms with E-state index in [4.69, 9.17) is 0 Å². The summed E-state index contributed by atoms with van der Waals surface area (Å²) in [5.74, 6) is -0.720. The van der Waals surface area contributed by atoms with Crippen molar-refractivity contribution in [3.63, 3.8) is 0 Å². The lowest BCUT2D eigenvalue weighted by Gasteiger charge is -2.23. The molecule has 0 unspecified atom stereocenters. The van der Waals surface area contributed by atoms with Crippen LogP contribution in [0.5, 0.6) is 0 Å². The number of carbonyl (C=O) groups is 2. The van der Waals surface area contributed by atoms with E-state index < -0.39 is 22.5 Å². The van der Waals surface area contributed by atoms with Gasteiger partial charge < -0.3 is 10.2 Å². The van der Waals surface area contributed by atoms with E-state index >= 15 is 0 Å². The molecule has 0 radical (unpaired) electrons. The van der Waals surface area contributed by atoms with E-state index in [1.165, 1.54) is 4.90 Å². The van der Waals surface area contributed by atoms with Gasteiger partial charge in [0, 0.05) is 29.8 Å². The molecule has 0 saturated carbocycles. The maximum atomic E-state index is 12.4. The minimum atomic E-state index is -3.68. The SMILES string of the molecule is CN(C)C(=O)c1cccc(NC(=O)CN(c2ccccc2Br)S(C)(=O)=O)c1. The van der Waals surface area contributed by atoms with Gasteiger partial charge >= 0.3 is 0 Å². The third-order valence-electron chi connectivity index (χ3n) is 3.61. The van der Waals surface area contributed by atoms with Crippen molar-refractivity contribution in [2.75, 3.05) is 36.5 Å². The fourth-order valence-corrected chi connectivity index (χ4v) is 3.84. The van der Waals surface area contributed by atoms with E-state index in [1.54, 1.807) is 62.6 Å². The maximum absolute atomic E-state index is 12.4. The summed E-state index contributed by atoms with van der Waals surface area (Å²) in [5, 5.41) is 2.64. The van der Waals surface area contributed by atoms with Gasteiger partial charge in [-0.15, -0.1) is 0 Å². The Morgan fingerprint density at radius 1 is 1.07 bits per heavy atom. The second-order valence-electron chi connectivity index (χ2n) is 6.05. The van der Waals surface area contributed by atoms with Crippen LogP contribution in [0.3, 0.4) is 0 Å². The number of benzene rings is 2. The van der Waals surface area contributed by atoms with Crippen LogP contribution in [0.4, 0.5) is 11.4 Å². The Kier molecular flexibility index (Phi) is 6.61. The summed E-state index contributed by atoms with van der Waals surface area (Å²) >= 11 is 3.31. The lowest BCUT2D eigenvalue weighted by atomic mass is 10.2. The van der Waals surface area contributed by atoms with E-state index in [0.29, 0.717) is 21.4 Å². The van der Waals surface area contributed by atoms with Gasteiger partial charge in [0.25, 0.3) is 5.91 Å². The fraction of sp³-hybridized carbons (Fsp3) is 0.222. The molecule has 2 aromatic carbocycles. The molecule has 0 heterocycles. The van der Waals surface area contributed by atoms with E-state index in [1.807, 2.05) is 0 Å². The van der Waals surface area contributed by atoms with Crippen LogP contribution < -0.4 is 9.62 Å². The summed E-state index contributed by atoms with van der Waals surface area (Å²) < 4.78 is 25.9. The molecule has 7 nitrogen and oxygen atoms in total. The van der Waals surface area contributed by atoms with Crippen LogP contribution in [-0.2, 0) is 14.8 Å². The Labute approximate surface area is 167 Å². The molecule has 2 rings (SSSR count). The third-order valence-corrected chi connectivity index (χ3v) is 5.41. The summed E-state index contributed by atoms with van der Waals surface area (Å²) in [4.78, 5) is 25.9. The van der Waals surface area contributed by atoms with Crippen molar-refractivity contribution in [1.82, 2.24) is 4.90 Å². The molecular weight excluding hydrogens is 434 g/mol. The van der Waals surface area contributed by atoms with Crippen LogP contribution >= 0.6 is 15.9 Å². The molecule has 0 aliphatic rings. The van der Waals surface area contributed by atoms with Crippen LogP contribution in [0.1, 0.15) is 10.4 Å². The molecule has 0 aliphatic carbocycles. The van der Waals surface area contributed by atoms with Gasteiger partial charge in [-0.2, -0.15) is 0 Å². The molecule has 0 saturated heterocycles. The van der Waals surface area contributed by atoms with Crippen molar-refractivity contribution < 1.29 is 18.0 Å². The zero-order valence-corrected chi connectivity index (χ0v) is 17.5. The number of sulfonamides is 1. The zero-order chi connectivity index (χ0) is 20.2. The highest BCUT2D eigenvalue weighted by Gasteiger charge is 2.22. The highest BCUT2D eigenvalue weighted by atomic mass is 79.9. The summed E-state index contributed by atoms with van der Waals surface area (Å²) in [6.45, 7) is -0.396. The molecule has 0 aliphatic heterocycles. The van der Waals surface area contributed by atoms with Crippen molar-refractivity contribution >= 4 is 49.1 Å². The lowest BCUT2D eigenvalue weighted by molar-refractivity contribution is -0.114. The quantitative estimate of drug-likeness (QED) is 0.727. The number of nitrogens with one attached hydrogen (secondary N) is 1. The van der Waals surface area contributed by atoms with E-state index in [0.717, 1.165) is 10.6 Å². The summed E-state index contributed by atoms with van der Waals surface area (Å²) in [7, 11) is -0.410. The van der Waals surface area contributed by atoms with Gasteiger partial charge in [-0.25, -0.2) is 8.42 Å². The second-order valence-corrected chi connectivity index (χ2v) is 8.81. The Balaban J connectivity index is 2.21. The van der Waals surface area contributed by atoms with Crippen molar-refractivity contribution in [3.05, 3.63) is 58.6 Å². The Hall–Kier alpha value is -2.39. The van der Waals surface area contributed by atoms with Gasteiger partial charge in [-0.05, 0) is 46.3 Å². The predicted molar refractivity (Wildman–Crippen MR) is 109 cm³/mol. The standard InChI is InChI=1S/C18H20BrN3O4S/c1-21(2)18(24)13-7-6-8-14(11-13)20-17(23)12-22(27(3,25)26)16-10-5-4-9-15(16)19/h4-11H,12H2,1-3H3,(H,20,23). The van der Waals surface area contributed by atoms with Crippen LogP contribution in [0.15, 0.2) is 53.0 Å². The number of rotatable bonds is 6. The first-order valence-electron chi connectivity index (χ1n) is 7.93. The molecule has 9 heteroatoms.